The molecule has 1 heterocycles. The average molecular weight is 264 g/mol. The summed E-state index contributed by atoms with van der Waals surface area (Å²) in [4.78, 5) is 0. The van der Waals surface area contributed by atoms with Gasteiger partial charge >= 0.3 is 0 Å². The van der Waals surface area contributed by atoms with Crippen LogP contribution in [0.1, 0.15) is 16.8 Å². The van der Waals surface area contributed by atoms with E-state index in [0.717, 1.165) is 11.3 Å². The zero-order valence-electron chi connectivity index (χ0n) is 9.96. The molecule has 3 nitrogen and oxygen atoms in total. The second-order valence-electron chi connectivity index (χ2n) is 4.02. The van der Waals surface area contributed by atoms with Gasteiger partial charge in [-0.1, -0.05) is 11.6 Å². The number of nitrogens with two attached hydrogens (primary N) is 1. The fraction of sp³-hybridized carbons (Fsp3) is 0.154. The van der Waals surface area contributed by atoms with Crippen LogP contribution in [0.5, 0.6) is 0 Å². The molecule has 0 saturated heterocycles. The zero-order valence-corrected chi connectivity index (χ0v) is 10.7. The fourth-order valence-electron chi connectivity index (χ4n) is 1.93. The molecule has 2 rings (SSSR count). The van der Waals surface area contributed by atoms with Crippen molar-refractivity contribution in [1.29, 1.82) is 5.26 Å². The minimum atomic E-state index is -0.485. The van der Waals surface area contributed by atoms with E-state index in [4.69, 9.17) is 22.6 Å². The van der Waals surface area contributed by atoms with Gasteiger partial charge in [-0.15, -0.1) is 0 Å². The number of nitrogens with zero attached hydrogens (tertiary/aromatic N) is 2. The largest absolute Gasteiger partial charge is 0.384 e. The van der Waals surface area contributed by atoms with Gasteiger partial charge in [0.1, 0.15) is 17.7 Å². The molecule has 0 aliphatic rings. The normalized spacial score (nSPS) is 10.4. The van der Waals surface area contributed by atoms with Gasteiger partial charge in [0, 0.05) is 11.4 Å². The molecular formula is C13H11ClFN3. The summed E-state index contributed by atoms with van der Waals surface area (Å²) in [6, 6.07) is 6.40. The molecule has 0 fully saturated rings. The highest BCUT2D eigenvalue weighted by atomic mass is 35.5. The Balaban J connectivity index is 2.72. The molecule has 5 heteroatoms. The number of hydrogen-bond donors (Lipinski definition) is 1. The minimum absolute atomic E-state index is 0.0242. The van der Waals surface area contributed by atoms with E-state index in [0.29, 0.717) is 17.1 Å². The number of benzene rings is 1. The van der Waals surface area contributed by atoms with E-state index in [-0.39, 0.29) is 5.02 Å². The first kappa shape index (κ1) is 12.5. The lowest BCUT2D eigenvalue weighted by molar-refractivity contribution is 0.628. The van der Waals surface area contributed by atoms with E-state index in [9.17, 15) is 4.39 Å². The van der Waals surface area contributed by atoms with Gasteiger partial charge in [0.2, 0.25) is 0 Å². The number of anilines is 1. The maximum absolute atomic E-state index is 13.1. The Labute approximate surface area is 109 Å². The fourth-order valence-corrected chi connectivity index (χ4v) is 2.11. The van der Waals surface area contributed by atoms with E-state index in [1.54, 1.807) is 10.6 Å². The molecule has 18 heavy (non-hydrogen) atoms. The van der Waals surface area contributed by atoms with Crippen molar-refractivity contribution in [2.24, 2.45) is 0 Å². The molecule has 2 aromatic rings. The summed E-state index contributed by atoms with van der Waals surface area (Å²) in [5.41, 5.74) is 8.67. The number of rotatable bonds is 1. The van der Waals surface area contributed by atoms with Crippen LogP contribution in [0.2, 0.25) is 5.02 Å². The Hall–Kier alpha value is -1.99. The molecule has 0 spiro atoms. The van der Waals surface area contributed by atoms with Crippen LogP contribution < -0.4 is 5.73 Å². The van der Waals surface area contributed by atoms with Crippen LogP contribution in [-0.2, 0) is 0 Å². The lowest BCUT2D eigenvalue weighted by Gasteiger charge is -2.09. The summed E-state index contributed by atoms with van der Waals surface area (Å²) >= 11 is 5.75. The van der Waals surface area contributed by atoms with Gasteiger partial charge in [-0.2, -0.15) is 5.26 Å². The number of aromatic nitrogens is 1. The number of halogens is 2. The van der Waals surface area contributed by atoms with Gasteiger partial charge < -0.3 is 5.73 Å². The van der Waals surface area contributed by atoms with Crippen LogP contribution in [-0.4, -0.2) is 4.57 Å². The van der Waals surface area contributed by atoms with E-state index >= 15 is 0 Å². The van der Waals surface area contributed by atoms with Gasteiger partial charge in [-0.25, -0.2) is 4.39 Å². The maximum Gasteiger partial charge on any atom is 0.141 e. The molecule has 0 radical (unpaired) electrons. The highest BCUT2D eigenvalue weighted by molar-refractivity contribution is 6.30. The summed E-state index contributed by atoms with van der Waals surface area (Å²) in [7, 11) is 0. The second-order valence-corrected chi connectivity index (χ2v) is 4.42. The van der Waals surface area contributed by atoms with Crippen molar-refractivity contribution in [3.8, 4) is 11.8 Å². The van der Waals surface area contributed by atoms with Gasteiger partial charge in [0.05, 0.1) is 10.6 Å². The third-order valence-electron chi connectivity index (χ3n) is 3.02. The maximum atomic E-state index is 13.1. The first-order chi connectivity index (χ1) is 8.47. The van der Waals surface area contributed by atoms with Crippen LogP contribution in [0, 0.1) is 31.0 Å². The third kappa shape index (κ3) is 1.73. The van der Waals surface area contributed by atoms with Crippen molar-refractivity contribution >= 4 is 17.4 Å². The Bertz CT molecular complexity index is 668. The quantitative estimate of drug-likeness (QED) is 0.858. The Kier molecular flexibility index (Phi) is 3.02. The van der Waals surface area contributed by atoms with Crippen LogP contribution in [0.3, 0.4) is 0 Å². The van der Waals surface area contributed by atoms with E-state index in [1.807, 2.05) is 13.8 Å². The molecule has 0 bridgehead atoms. The van der Waals surface area contributed by atoms with Crippen molar-refractivity contribution in [1.82, 2.24) is 4.57 Å². The summed E-state index contributed by atoms with van der Waals surface area (Å²) in [5.74, 6) is -0.142. The van der Waals surface area contributed by atoms with E-state index in [1.165, 1.54) is 12.1 Å². The summed E-state index contributed by atoms with van der Waals surface area (Å²) in [6.07, 6.45) is 0. The van der Waals surface area contributed by atoms with Crippen LogP contribution in [0.25, 0.3) is 5.69 Å². The zero-order chi connectivity index (χ0) is 13.4. The first-order valence-corrected chi connectivity index (χ1v) is 5.68. The molecule has 1 aromatic carbocycles. The predicted molar refractivity (Wildman–Crippen MR) is 69.3 cm³/mol. The molecule has 1 aromatic heterocycles. The standard InChI is InChI=1S/C13H11ClFN3/c1-7-8(2)18(13(17)10(7)6-16)9-3-4-12(15)11(14)5-9/h3-5H,17H2,1-2H3. The topological polar surface area (TPSA) is 54.7 Å². The van der Waals surface area contributed by atoms with Gasteiger partial charge in [0.25, 0.3) is 0 Å². The molecule has 0 amide bonds. The van der Waals surface area contributed by atoms with E-state index < -0.39 is 5.82 Å². The highest BCUT2D eigenvalue weighted by Gasteiger charge is 2.16. The lowest BCUT2D eigenvalue weighted by atomic mass is 10.2. The van der Waals surface area contributed by atoms with Crippen molar-refractivity contribution in [3.63, 3.8) is 0 Å². The number of nitriles is 1. The van der Waals surface area contributed by atoms with Gasteiger partial charge in [0.15, 0.2) is 0 Å². The Morgan fingerprint density at radius 2 is 2.06 bits per heavy atom. The average Bonchev–Trinajstić information content (AvgIpc) is 2.54. The van der Waals surface area contributed by atoms with Crippen LogP contribution in [0.4, 0.5) is 10.2 Å². The van der Waals surface area contributed by atoms with Crippen LogP contribution in [0.15, 0.2) is 18.2 Å². The van der Waals surface area contributed by atoms with Crippen molar-refractivity contribution in [2.45, 2.75) is 13.8 Å². The minimum Gasteiger partial charge on any atom is -0.384 e. The number of nitrogen functional groups attached to an aromatic ring is 1. The molecule has 0 atom stereocenters. The van der Waals surface area contributed by atoms with E-state index in [2.05, 4.69) is 6.07 Å². The molecular weight excluding hydrogens is 253 g/mol. The van der Waals surface area contributed by atoms with Crippen molar-refractivity contribution in [2.75, 3.05) is 5.73 Å². The second kappa shape index (κ2) is 4.35. The van der Waals surface area contributed by atoms with Crippen molar-refractivity contribution < 1.29 is 4.39 Å². The first-order valence-electron chi connectivity index (χ1n) is 5.30. The number of hydrogen-bond acceptors (Lipinski definition) is 2. The Morgan fingerprint density at radius 1 is 1.39 bits per heavy atom. The highest BCUT2D eigenvalue weighted by Crippen LogP contribution is 2.29. The molecule has 0 saturated carbocycles. The lowest BCUT2D eigenvalue weighted by Crippen LogP contribution is -2.02. The Morgan fingerprint density at radius 3 is 2.56 bits per heavy atom. The molecule has 2 N–H and O–H groups in total. The van der Waals surface area contributed by atoms with Crippen molar-refractivity contribution in [3.05, 3.63) is 45.9 Å². The summed E-state index contributed by atoms with van der Waals surface area (Å²) in [6.45, 7) is 3.68. The summed E-state index contributed by atoms with van der Waals surface area (Å²) in [5, 5.41) is 9.08. The predicted octanol–water partition coefficient (Wildman–Crippen LogP) is 3.34. The molecule has 0 aliphatic carbocycles. The molecule has 0 aliphatic heterocycles. The van der Waals surface area contributed by atoms with Crippen LogP contribution >= 0.6 is 11.6 Å². The monoisotopic (exact) mass is 263 g/mol. The summed E-state index contributed by atoms with van der Waals surface area (Å²) < 4.78 is 14.8. The SMILES string of the molecule is Cc1c(C#N)c(N)n(-c2ccc(F)c(Cl)c2)c1C. The smallest absolute Gasteiger partial charge is 0.141 e. The van der Waals surface area contributed by atoms with Gasteiger partial charge in [-0.05, 0) is 37.6 Å². The molecule has 0 unspecified atom stereocenters. The van der Waals surface area contributed by atoms with Gasteiger partial charge in [-0.3, -0.25) is 4.57 Å². The molecule has 92 valence electrons. The third-order valence-corrected chi connectivity index (χ3v) is 3.31.